The second-order valence-electron chi connectivity index (χ2n) is 5.91. The lowest BCUT2D eigenvalue weighted by atomic mass is 10.1. The molecule has 2 heteroatoms. The van der Waals surface area contributed by atoms with Crippen LogP contribution in [0, 0.1) is 0 Å². The Morgan fingerprint density at radius 3 is 2.15 bits per heavy atom. The fourth-order valence-electron chi connectivity index (χ4n) is 3.86. The van der Waals surface area contributed by atoms with Crippen molar-refractivity contribution in [3.63, 3.8) is 0 Å². The van der Waals surface area contributed by atoms with Crippen molar-refractivity contribution in [2.24, 2.45) is 0 Å². The van der Waals surface area contributed by atoms with E-state index in [-0.39, 0.29) is 0 Å². The number of hydrogen-bond donors (Lipinski definition) is 1. The number of rotatable bonds is 2. The van der Waals surface area contributed by atoms with Crippen molar-refractivity contribution in [1.29, 1.82) is 0 Å². The highest BCUT2D eigenvalue weighted by atomic mass is 15.2. The molecule has 0 fully saturated rings. The van der Waals surface area contributed by atoms with Gasteiger partial charge in [-0.25, -0.2) is 0 Å². The third-order valence-electron chi connectivity index (χ3n) is 4.85. The Hall–Kier alpha value is -1.64. The number of likely N-dealkylation sites (N-methyl/N-ethyl adjacent to an activating group) is 1. The molecule has 0 radical (unpaired) electrons. The molecule has 102 valence electrons. The van der Waals surface area contributed by atoms with Crippen LogP contribution >= 0.6 is 0 Å². The van der Waals surface area contributed by atoms with E-state index in [9.17, 15) is 0 Å². The fourth-order valence-corrected chi connectivity index (χ4v) is 3.86. The zero-order valence-electron chi connectivity index (χ0n) is 11.8. The summed E-state index contributed by atoms with van der Waals surface area (Å²) in [7, 11) is 2.09. The van der Waals surface area contributed by atoms with Crippen molar-refractivity contribution in [1.82, 2.24) is 10.2 Å². The average Bonchev–Trinajstić information content (AvgIpc) is 3.07. The molecule has 2 aliphatic rings. The first-order valence-corrected chi connectivity index (χ1v) is 7.42. The third-order valence-corrected chi connectivity index (χ3v) is 4.85. The highest BCUT2D eigenvalue weighted by Crippen LogP contribution is 2.37. The van der Waals surface area contributed by atoms with Gasteiger partial charge >= 0.3 is 0 Å². The molecule has 4 rings (SSSR count). The van der Waals surface area contributed by atoms with Gasteiger partial charge in [0.2, 0.25) is 0 Å². The quantitative estimate of drug-likeness (QED) is 0.897. The van der Waals surface area contributed by atoms with E-state index in [4.69, 9.17) is 0 Å². The molecule has 0 saturated carbocycles. The van der Waals surface area contributed by atoms with Gasteiger partial charge in [-0.2, -0.15) is 0 Å². The van der Waals surface area contributed by atoms with Gasteiger partial charge in [0.25, 0.3) is 0 Å². The number of nitrogens with zero attached hydrogens (tertiary/aromatic N) is 1. The molecule has 0 aromatic heterocycles. The minimum atomic E-state index is 0.459. The molecule has 0 saturated heterocycles. The summed E-state index contributed by atoms with van der Waals surface area (Å²) in [5.74, 6) is 0. The number of hydrogen-bond acceptors (Lipinski definition) is 2. The first kappa shape index (κ1) is 12.1. The SMILES string of the molecule is CNC1c2ccccc2CC1N1Cc2ccccc2C1. The highest BCUT2D eigenvalue weighted by Gasteiger charge is 2.37. The van der Waals surface area contributed by atoms with Crippen LogP contribution in [-0.2, 0) is 19.5 Å². The molecule has 1 heterocycles. The molecule has 1 N–H and O–H groups in total. The normalized spacial score (nSPS) is 24.6. The number of fused-ring (bicyclic) bond motifs is 2. The van der Waals surface area contributed by atoms with Crippen molar-refractivity contribution in [3.8, 4) is 0 Å². The lowest BCUT2D eigenvalue weighted by Crippen LogP contribution is -2.39. The maximum absolute atomic E-state index is 3.53. The largest absolute Gasteiger partial charge is 0.312 e. The molecule has 0 spiro atoms. The van der Waals surface area contributed by atoms with Crippen molar-refractivity contribution in [3.05, 3.63) is 70.8 Å². The number of nitrogens with one attached hydrogen (secondary N) is 1. The summed E-state index contributed by atoms with van der Waals surface area (Å²) < 4.78 is 0. The van der Waals surface area contributed by atoms with Crippen LogP contribution in [0.3, 0.4) is 0 Å². The highest BCUT2D eigenvalue weighted by molar-refractivity contribution is 5.38. The second kappa shape index (κ2) is 4.72. The van der Waals surface area contributed by atoms with Crippen molar-refractivity contribution < 1.29 is 0 Å². The lowest BCUT2D eigenvalue weighted by Gasteiger charge is -2.29. The Morgan fingerprint density at radius 2 is 1.50 bits per heavy atom. The molecule has 1 aliphatic heterocycles. The molecule has 2 atom stereocenters. The van der Waals surface area contributed by atoms with Crippen molar-refractivity contribution in [2.75, 3.05) is 7.05 Å². The summed E-state index contributed by atoms with van der Waals surface area (Å²) in [5.41, 5.74) is 5.99. The molecule has 2 aromatic carbocycles. The van der Waals surface area contributed by atoms with E-state index in [0.29, 0.717) is 12.1 Å². The Bertz CT molecular complexity index is 610. The van der Waals surface area contributed by atoms with Gasteiger partial charge in [-0.05, 0) is 35.7 Å². The van der Waals surface area contributed by atoms with Gasteiger partial charge in [-0.15, -0.1) is 0 Å². The van der Waals surface area contributed by atoms with E-state index in [1.54, 1.807) is 0 Å². The van der Waals surface area contributed by atoms with E-state index < -0.39 is 0 Å². The van der Waals surface area contributed by atoms with Crippen LogP contribution in [-0.4, -0.2) is 18.0 Å². The zero-order chi connectivity index (χ0) is 13.5. The Kier molecular flexibility index (Phi) is 2.86. The molecule has 1 aliphatic carbocycles. The average molecular weight is 264 g/mol. The van der Waals surface area contributed by atoms with Gasteiger partial charge in [-0.3, -0.25) is 4.90 Å². The van der Waals surface area contributed by atoms with Crippen molar-refractivity contribution in [2.45, 2.75) is 31.6 Å². The standard InChI is InChI=1S/C18H20N2/c1-19-18-16-9-5-4-6-13(16)10-17(18)20-11-14-7-2-3-8-15(14)12-20/h2-9,17-19H,10-12H2,1H3. The monoisotopic (exact) mass is 264 g/mol. The van der Waals surface area contributed by atoms with Gasteiger partial charge in [0.1, 0.15) is 0 Å². The summed E-state index contributed by atoms with van der Waals surface area (Å²) in [6.45, 7) is 2.18. The summed E-state index contributed by atoms with van der Waals surface area (Å²) >= 11 is 0. The first-order valence-electron chi connectivity index (χ1n) is 7.42. The predicted molar refractivity (Wildman–Crippen MR) is 81.4 cm³/mol. The Labute approximate surface area is 120 Å². The Balaban J connectivity index is 1.63. The van der Waals surface area contributed by atoms with Crippen LogP contribution in [0.15, 0.2) is 48.5 Å². The molecular weight excluding hydrogens is 244 g/mol. The number of benzene rings is 2. The van der Waals surface area contributed by atoms with Crippen LogP contribution in [0.1, 0.15) is 28.3 Å². The first-order chi connectivity index (χ1) is 9.86. The van der Waals surface area contributed by atoms with Crippen molar-refractivity contribution >= 4 is 0 Å². The van der Waals surface area contributed by atoms with Gasteiger partial charge < -0.3 is 5.32 Å². The van der Waals surface area contributed by atoms with E-state index >= 15 is 0 Å². The third kappa shape index (κ3) is 1.80. The van der Waals surface area contributed by atoms with Gasteiger partial charge in [0, 0.05) is 25.2 Å². The molecular formula is C18H20N2. The van der Waals surface area contributed by atoms with Crippen LogP contribution in [0.4, 0.5) is 0 Å². The summed E-state index contributed by atoms with van der Waals surface area (Å²) in [6.07, 6.45) is 1.16. The maximum atomic E-state index is 3.53. The minimum absolute atomic E-state index is 0.459. The summed E-state index contributed by atoms with van der Waals surface area (Å²) in [6, 6.07) is 18.8. The van der Waals surface area contributed by atoms with Crippen LogP contribution < -0.4 is 5.32 Å². The maximum Gasteiger partial charge on any atom is 0.0481 e. The summed E-state index contributed by atoms with van der Waals surface area (Å²) in [4.78, 5) is 2.63. The Morgan fingerprint density at radius 1 is 0.900 bits per heavy atom. The molecule has 2 unspecified atom stereocenters. The van der Waals surface area contributed by atoms with Gasteiger partial charge in [0.05, 0.1) is 0 Å². The molecule has 0 bridgehead atoms. The molecule has 2 aromatic rings. The molecule has 20 heavy (non-hydrogen) atoms. The van der Waals surface area contributed by atoms with E-state index in [0.717, 1.165) is 19.5 Å². The molecule has 2 nitrogen and oxygen atoms in total. The predicted octanol–water partition coefficient (Wildman–Crippen LogP) is 2.89. The minimum Gasteiger partial charge on any atom is -0.312 e. The van der Waals surface area contributed by atoms with Crippen LogP contribution in [0.2, 0.25) is 0 Å². The van der Waals surface area contributed by atoms with E-state index in [1.165, 1.54) is 22.3 Å². The van der Waals surface area contributed by atoms with Crippen LogP contribution in [0.5, 0.6) is 0 Å². The van der Waals surface area contributed by atoms with E-state index in [2.05, 4.69) is 65.8 Å². The fraction of sp³-hybridized carbons (Fsp3) is 0.333. The topological polar surface area (TPSA) is 15.3 Å². The zero-order valence-corrected chi connectivity index (χ0v) is 11.8. The summed E-state index contributed by atoms with van der Waals surface area (Å²) in [5, 5.41) is 3.53. The lowest BCUT2D eigenvalue weighted by molar-refractivity contribution is 0.170. The molecule has 0 amide bonds. The van der Waals surface area contributed by atoms with Crippen LogP contribution in [0.25, 0.3) is 0 Å². The smallest absolute Gasteiger partial charge is 0.0481 e. The van der Waals surface area contributed by atoms with E-state index in [1.807, 2.05) is 0 Å². The van der Waals surface area contributed by atoms with Gasteiger partial charge in [-0.1, -0.05) is 48.5 Å². The second-order valence-corrected chi connectivity index (χ2v) is 5.91. The van der Waals surface area contributed by atoms with Gasteiger partial charge in [0.15, 0.2) is 0 Å².